The fourth-order valence-electron chi connectivity index (χ4n) is 6.41. The van der Waals surface area contributed by atoms with Crippen LogP contribution in [0.5, 0.6) is 0 Å². The van der Waals surface area contributed by atoms with Crippen LogP contribution in [0.1, 0.15) is 0 Å². The van der Waals surface area contributed by atoms with Crippen molar-refractivity contribution in [3.63, 3.8) is 0 Å². The number of hydrogen-bond acceptors (Lipinski definition) is 0. The maximum absolute atomic E-state index is 2.33. The second-order valence-electron chi connectivity index (χ2n) is 10.9. The quantitative estimate of drug-likeness (QED) is 0.211. The van der Waals surface area contributed by atoms with E-state index in [-0.39, 0.29) is 0 Å². The Morgan fingerprint density at radius 1 is 0.214 bits per heavy atom. The molecule has 0 fully saturated rings. The van der Waals surface area contributed by atoms with Crippen molar-refractivity contribution >= 4 is 32.3 Å². The van der Waals surface area contributed by atoms with E-state index in [0.717, 1.165) is 0 Å². The molecule has 0 atom stereocenters. The molecule has 0 aromatic heterocycles. The molecule has 0 N–H and O–H groups in total. The molecular weight excluding hydrogens is 504 g/mol. The first kappa shape index (κ1) is 24.3. The summed E-state index contributed by atoms with van der Waals surface area (Å²) in [4.78, 5) is 0. The van der Waals surface area contributed by atoms with Gasteiger partial charge in [0.2, 0.25) is 0 Å². The average molecular weight is 533 g/mol. The fraction of sp³-hybridized carbons (Fsp3) is 0. The molecule has 196 valence electrons. The lowest BCUT2D eigenvalue weighted by molar-refractivity contribution is 1.63. The van der Waals surface area contributed by atoms with Crippen molar-refractivity contribution in [2.45, 2.75) is 0 Å². The molecule has 0 bridgehead atoms. The predicted molar refractivity (Wildman–Crippen MR) is 181 cm³/mol. The standard InChI is InChI=1S/C42H28/c1-3-11-29(12-4-1)31-19-20-33-28-34(22-21-32(33)27-31)36-24-26-42(40-18-10-8-16-38(36)40)41-25-23-35(30-13-5-2-6-14-30)37-15-7-9-17-39(37)41/h1-28H. The Hall–Kier alpha value is -5.46. The molecular formula is C42H28. The van der Waals surface area contributed by atoms with Crippen LogP contribution in [-0.4, -0.2) is 0 Å². The van der Waals surface area contributed by atoms with Crippen molar-refractivity contribution < 1.29 is 0 Å². The maximum atomic E-state index is 2.33. The van der Waals surface area contributed by atoms with Crippen molar-refractivity contribution in [1.82, 2.24) is 0 Å². The summed E-state index contributed by atoms with van der Waals surface area (Å²) in [5, 5.41) is 7.60. The highest BCUT2D eigenvalue weighted by atomic mass is 14.2. The van der Waals surface area contributed by atoms with Crippen LogP contribution in [0.25, 0.3) is 76.8 Å². The van der Waals surface area contributed by atoms with Gasteiger partial charge in [0.1, 0.15) is 0 Å². The zero-order valence-corrected chi connectivity index (χ0v) is 23.2. The highest BCUT2D eigenvalue weighted by molar-refractivity contribution is 6.12. The number of rotatable bonds is 4. The van der Waals surface area contributed by atoms with Gasteiger partial charge in [-0.2, -0.15) is 0 Å². The van der Waals surface area contributed by atoms with Gasteiger partial charge in [-0.3, -0.25) is 0 Å². The fourth-order valence-corrected chi connectivity index (χ4v) is 6.41. The van der Waals surface area contributed by atoms with E-state index >= 15 is 0 Å². The molecule has 8 aromatic carbocycles. The second kappa shape index (κ2) is 10.2. The van der Waals surface area contributed by atoms with Gasteiger partial charge in [0.05, 0.1) is 0 Å². The van der Waals surface area contributed by atoms with E-state index in [1.165, 1.54) is 76.8 Å². The Morgan fingerprint density at radius 2 is 0.595 bits per heavy atom. The van der Waals surface area contributed by atoms with Gasteiger partial charge < -0.3 is 0 Å². The van der Waals surface area contributed by atoms with Crippen molar-refractivity contribution in [2.24, 2.45) is 0 Å². The highest BCUT2D eigenvalue weighted by Crippen LogP contribution is 2.41. The molecule has 42 heavy (non-hydrogen) atoms. The molecule has 8 rings (SSSR count). The normalized spacial score (nSPS) is 11.3. The van der Waals surface area contributed by atoms with Crippen LogP contribution in [0.2, 0.25) is 0 Å². The molecule has 0 heteroatoms. The van der Waals surface area contributed by atoms with Gasteiger partial charge in [-0.1, -0.05) is 158 Å². The summed E-state index contributed by atoms with van der Waals surface area (Å²) < 4.78 is 0. The van der Waals surface area contributed by atoms with E-state index in [1.807, 2.05) is 0 Å². The van der Waals surface area contributed by atoms with Gasteiger partial charge in [-0.05, 0) is 89.0 Å². The summed E-state index contributed by atoms with van der Waals surface area (Å²) in [7, 11) is 0. The lowest BCUT2D eigenvalue weighted by Crippen LogP contribution is -1.89. The van der Waals surface area contributed by atoms with Crippen LogP contribution in [-0.2, 0) is 0 Å². The van der Waals surface area contributed by atoms with E-state index < -0.39 is 0 Å². The van der Waals surface area contributed by atoms with Crippen LogP contribution >= 0.6 is 0 Å². The Kier molecular flexibility index (Phi) is 5.90. The topological polar surface area (TPSA) is 0 Å². The number of fused-ring (bicyclic) bond motifs is 3. The van der Waals surface area contributed by atoms with Crippen LogP contribution < -0.4 is 0 Å². The number of benzene rings is 8. The molecule has 0 saturated heterocycles. The molecule has 0 amide bonds. The summed E-state index contributed by atoms with van der Waals surface area (Å²) in [5.74, 6) is 0. The van der Waals surface area contributed by atoms with Crippen LogP contribution in [0.4, 0.5) is 0 Å². The van der Waals surface area contributed by atoms with Crippen LogP contribution in [0, 0.1) is 0 Å². The van der Waals surface area contributed by atoms with Crippen molar-refractivity contribution in [1.29, 1.82) is 0 Å². The lowest BCUT2D eigenvalue weighted by Gasteiger charge is -2.16. The van der Waals surface area contributed by atoms with E-state index in [4.69, 9.17) is 0 Å². The third-order valence-corrected chi connectivity index (χ3v) is 8.48. The molecule has 0 nitrogen and oxygen atoms in total. The lowest BCUT2D eigenvalue weighted by atomic mass is 9.88. The molecule has 0 aliphatic rings. The third kappa shape index (κ3) is 4.17. The Morgan fingerprint density at radius 3 is 1.14 bits per heavy atom. The van der Waals surface area contributed by atoms with Crippen molar-refractivity contribution in [2.75, 3.05) is 0 Å². The average Bonchev–Trinajstić information content (AvgIpc) is 3.08. The van der Waals surface area contributed by atoms with Crippen LogP contribution in [0.15, 0.2) is 170 Å². The summed E-state index contributed by atoms with van der Waals surface area (Å²) in [6, 6.07) is 61.7. The third-order valence-electron chi connectivity index (χ3n) is 8.48. The van der Waals surface area contributed by atoms with Gasteiger partial charge in [-0.15, -0.1) is 0 Å². The summed E-state index contributed by atoms with van der Waals surface area (Å²) in [6.45, 7) is 0. The Balaban J connectivity index is 1.26. The van der Waals surface area contributed by atoms with Gasteiger partial charge in [0.25, 0.3) is 0 Å². The first-order valence-corrected chi connectivity index (χ1v) is 14.5. The van der Waals surface area contributed by atoms with Gasteiger partial charge in [0, 0.05) is 0 Å². The van der Waals surface area contributed by atoms with Crippen molar-refractivity contribution in [3.8, 4) is 44.5 Å². The van der Waals surface area contributed by atoms with Gasteiger partial charge in [0.15, 0.2) is 0 Å². The molecule has 0 radical (unpaired) electrons. The number of hydrogen-bond donors (Lipinski definition) is 0. The predicted octanol–water partition coefficient (Wildman–Crippen LogP) is 11.8. The van der Waals surface area contributed by atoms with E-state index in [2.05, 4.69) is 170 Å². The zero-order chi connectivity index (χ0) is 27.9. The van der Waals surface area contributed by atoms with E-state index in [0.29, 0.717) is 0 Å². The smallest absolute Gasteiger partial charge is 0.00987 e. The molecule has 0 spiro atoms. The maximum Gasteiger partial charge on any atom is -0.00987 e. The Bertz CT molecular complexity index is 2220. The largest absolute Gasteiger partial charge is 0.0622 e. The summed E-state index contributed by atoms with van der Waals surface area (Å²) >= 11 is 0. The minimum atomic E-state index is 1.24. The van der Waals surface area contributed by atoms with Gasteiger partial charge in [-0.25, -0.2) is 0 Å². The summed E-state index contributed by atoms with van der Waals surface area (Å²) in [6.07, 6.45) is 0. The molecule has 0 aliphatic carbocycles. The summed E-state index contributed by atoms with van der Waals surface area (Å²) in [5.41, 5.74) is 10.0. The SMILES string of the molecule is c1ccc(-c2ccc3cc(-c4ccc(-c5ccc(-c6ccccc6)c6ccccc56)c5ccccc45)ccc3c2)cc1. The second-order valence-corrected chi connectivity index (χ2v) is 10.9. The minimum absolute atomic E-state index is 1.24. The molecule has 0 unspecified atom stereocenters. The van der Waals surface area contributed by atoms with Crippen molar-refractivity contribution in [3.05, 3.63) is 170 Å². The monoisotopic (exact) mass is 532 g/mol. The molecule has 8 aromatic rings. The molecule has 0 saturated carbocycles. The first-order valence-electron chi connectivity index (χ1n) is 14.5. The van der Waals surface area contributed by atoms with E-state index in [9.17, 15) is 0 Å². The molecule has 0 aliphatic heterocycles. The Labute approximate surface area is 246 Å². The highest BCUT2D eigenvalue weighted by Gasteiger charge is 2.14. The van der Waals surface area contributed by atoms with E-state index in [1.54, 1.807) is 0 Å². The van der Waals surface area contributed by atoms with Crippen LogP contribution in [0.3, 0.4) is 0 Å². The zero-order valence-electron chi connectivity index (χ0n) is 23.2. The minimum Gasteiger partial charge on any atom is -0.0622 e. The van der Waals surface area contributed by atoms with Gasteiger partial charge >= 0.3 is 0 Å². The first-order chi connectivity index (χ1) is 20.8. The molecule has 0 heterocycles.